The van der Waals surface area contributed by atoms with Crippen LogP contribution in [-0.2, 0) is 24.8 Å². The first-order chi connectivity index (χ1) is 16.4. The fourth-order valence-electron chi connectivity index (χ4n) is 3.75. The second-order valence-corrected chi connectivity index (χ2v) is 9.20. The van der Waals surface area contributed by atoms with E-state index in [9.17, 15) is 19.2 Å². The average Bonchev–Trinajstić information content (AvgIpc) is 3.44. The summed E-state index contributed by atoms with van der Waals surface area (Å²) in [7, 11) is 0. The van der Waals surface area contributed by atoms with Crippen LogP contribution in [0.25, 0.3) is 0 Å². The molecule has 3 amide bonds. The molecule has 0 bridgehead atoms. The van der Waals surface area contributed by atoms with Crippen molar-refractivity contribution < 1.29 is 23.9 Å². The van der Waals surface area contributed by atoms with Crippen LogP contribution >= 0.6 is 0 Å². The van der Waals surface area contributed by atoms with Crippen molar-refractivity contribution in [2.45, 2.75) is 76.7 Å². The molecular formula is C20H34N10O5. The highest BCUT2D eigenvalue weighted by Gasteiger charge is 2.54. The maximum Gasteiger partial charge on any atom is 0.408 e. The number of carbonyl (C=O) groups excluding carboxylic acids is 4. The van der Waals surface area contributed by atoms with Crippen LogP contribution in [0.3, 0.4) is 0 Å². The summed E-state index contributed by atoms with van der Waals surface area (Å²) in [5.41, 5.74) is 2.82. The monoisotopic (exact) mass is 494 g/mol. The minimum Gasteiger partial charge on any atom is -0.444 e. The van der Waals surface area contributed by atoms with Gasteiger partial charge in [0.25, 0.3) is 5.91 Å². The van der Waals surface area contributed by atoms with E-state index in [4.69, 9.17) is 15.9 Å². The fourth-order valence-corrected chi connectivity index (χ4v) is 3.75. The first-order valence-electron chi connectivity index (χ1n) is 11.3. The highest BCUT2D eigenvalue weighted by Crippen LogP contribution is 2.34. The van der Waals surface area contributed by atoms with E-state index in [0.29, 0.717) is 25.7 Å². The van der Waals surface area contributed by atoms with E-state index in [-0.39, 0.29) is 25.3 Å². The summed E-state index contributed by atoms with van der Waals surface area (Å²) in [6, 6.07) is -1.87. The van der Waals surface area contributed by atoms with Gasteiger partial charge >= 0.3 is 6.09 Å². The summed E-state index contributed by atoms with van der Waals surface area (Å²) < 4.78 is 5.22. The van der Waals surface area contributed by atoms with Gasteiger partial charge in [-0.1, -0.05) is 0 Å². The molecule has 15 heteroatoms. The largest absolute Gasteiger partial charge is 0.444 e. The van der Waals surface area contributed by atoms with Crippen LogP contribution < -0.4 is 21.7 Å². The summed E-state index contributed by atoms with van der Waals surface area (Å²) in [5, 5.41) is 26.5. The Labute approximate surface area is 203 Å². The zero-order valence-corrected chi connectivity index (χ0v) is 20.4. The molecule has 0 radical (unpaired) electrons. The number of nitrogens with one attached hydrogen (secondary N) is 4. The second kappa shape index (κ2) is 11.6. The zero-order valence-electron chi connectivity index (χ0n) is 20.4. The van der Waals surface area contributed by atoms with Crippen molar-refractivity contribution in [2.75, 3.05) is 13.1 Å². The van der Waals surface area contributed by atoms with Gasteiger partial charge in [0.15, 0.2) is 12.3 Å². The van der Waals surface area contributed by atoms with E-state index in [1.54, 1.807) is 20.8 Å². The van der Waals surface area contributed by atoms with Crippen molar-refractivity contribution in [3.8, 4) is 0 Å². The van der Waals surface area contributed by atoms with E-state index in [1.165, 1.54) is 11.8 Å². The van der Waals surface area contributed by atoms with Crippen LogP contribution in [-0.4, -0.2) is 86.0 Å². The first-order valence-corrected chi connectivity index (χ1v) is 11.3. The van der Waals surface area contributed by atoms with Gasteiger partial charge in [-0.25, -0.2) is 4.79 Å². The van der Waals surface area contributed by atoms with E-state index in [2.05, 4.69) is 31.4 Å². The van der Waals surface area contributed by atoms with E-state index < -0.39 is 41.3 Å². The molecule has 3 atom stereocenters. The van der Waals surface area contributed by atoms with Crippen molar-refractivity contribution in [1.29, 1.82) is 5.41 Å². The number of hydrogen-bond acceptors (Lipinski definition) is 9. The number of ether oxygens (including phenoxy) is 1. The SMILES string of the molecule is CC(NC(=O)OC(C)(C)C)C(=O)N1CCC[C@]1(C(=O)N[C@H](C=O)CCCNC(=N)N)n1ncnn1. The molecule has 0 aliphatic carbocycles. The number of rotatable bonds is 10. The lowest BCUT2D eigenvalue weighted by atomic mass is 10.0. The topological polar surface area (TPSA) is 210 Å². The van der Waals surface area contributed by atoms with Crippen LogP contribution in [0.2, 0.25) is 0 Å². The maximum absolute atomic E-state index is 13.5. The maximum atomic E-state index is 13.5. The van der Waals surface area contributed by atoms with Crippen molar-refractivity contribution in [3.05, 3.63) is 6.33 Å². The van der Waals surface area contributed by atoms with E-state index in [0.717, 1.165) is 11.1 Å². The Balaban J connectivity index is 2.21. The standard InChI is InChI=1S/C20H34N10O5/c1-13(26-18(34)35-19(2,3)4)15(32)29-10-6-8-20(29,30-25-12-24-28-30)16(33)27-14(11-31)7-5-9-23-17(21)22/h11-14H,5-10H2,1-4H3,(H,26,34)(H,27,33)(H4,21,22,23)/t13?,14-,20+/m0/s1. The van der Waals surface area contributed by atoms with Gasteiger partial charge in [0.1, 0.15) is 17.9 Å². The summed E-state index contributed by atoms with van der Waals surface area (Å²) in [6.07, 6.45) is 2.33. The molecule has 1 aliphatic heterocycles. The Hall–Kier alpha value is -3.78. The highest BCUT2D eigenvalue weighted by molar-refractivity contribution is 5.93. The average molecular weight is 495 g/mol. The smallest absolute Gasteiger partial charge is 0.408 e. The Bertz CT molecular complexity index is 916. The van der Waals surface area contributed by atoms with Crippen molar-refractivity contribution in [3.63, 3.8) is 0 Å². The van der Waals surface area contributed by atoms with Crippen molar-refractivity contribution >= 4 is 30.2 Å². The molecule has 1 saturated heterocycles. The highest BCUT2D eigenvalue weighted by atomic mass is 16.6. The zero-order chi connectivity index (χ0) is 26.2. The number of alkyl carbamates (subject to hydrolysis) is 1. The molecule has 0 spiro atoms. The fraction of sp³-hybridized carbons (Fsp3) is 0.700. The van der Waals surface area contributed by atoms with Crippen molar-refractivity contribution in [2.24, 2.45) is 5.73 Å². The molecule has 1 aromatic rings. The third-order valence-electron chi connectivity index (χ3n) is 5.25. The number of aldehydes is 1. The van der Waals surface area contributed by atoms with Gasteiger partial charge in [-0.15, -0.1) is 15.0 Å². The molecule has 0 aromatic carbocycles. The first kappa shape index (κ1) is 27.5. The molecule has 2 rings (SSSR count). The Morgan fingerprint density at radius 3 is 2.60 bits per heavy atom. The van der Waals surface area contributed by atoms with Gasteiger partial charge in [-0.2, -0.15) is 0 Å². The number of nitrogens with two attached hydrogens (primary N) is 1. The third-order valence-corrected chi connectivity index (χ3v) is 5.25. The van der Waals surface area contributed by atoms with Gasteiger partial charge in [-0.3, -0.25) is 15.0 Å². The van der Waals surface area contributed by atoms with Crippen LogP contribution in [0.15, 0.2) is 6.33 Å². The van der Waals surface area contributed by atoms with Crippen LogP contribution in [0, 0.1) is 5.41 Å². The number of aromatic nitrogens is 4. The number of guanidine groups is 1. The predicted octanol–water partition coefficient (Wildman–Crippen LogP) is -1.19. The molecule has 35 heavy (non-hydrogen) atoms. The molecule has 1 unspecified atom stereocenters. The van der Waals surface area contributed by atoms with Crippen LogP contribution in [0.1, 0.15) is 53.4 Å². The molecule has 1 aromatic heterocycles. The Morgan fingerprint density at radius 1 is 1.31 bits per heavy atom. The van der Waals surface area contributed by atoms with E-state index >= 15 is 0 Å². The molecule has 0 saturated carbocycles. The van der Waals surface area contributed by atoms with Gasteiger partial charge in [0.2, 0.25) is 11.6 Å². The normalized spacial score (nSPS) is 19.4. The molecular weight excluding hydrogens is 460 g/mol. The van der Waals surface area contributed by atoms with Gasteiger partial charge in [-0.05, 0) is 52.2 Å². The number of hydrogen-bond donors (Lipinski definition) is 5. The Morgan fingerprint density at radius 2 is 2.03 bits per heavy atom. The quantitative estimate of drug-likeness (QED) is 0.114. The lowest BCUT2D eigenvalue weighted by Gasteiger charge is -2.37. The van der Waals surface area contributed by atoms with Crippen molar-refractivity contribution in [1.82, 2.24) is 41.1 Å². The number of nitrogens with zero attached hydrogens (tertiary/aromatic N) is 5. The summed E-state index contributed by atoms with van der Waals surface area (Å²) in [6.45, 7) is 7.13. The molecule has 194 valence electrons. The van der Waals surface area contributed by atoms with Gasteiger partial charge < -0.3 is 36.1 Å². The lowest BCUT2D eigenvalue weighted by Crippen LogP contribution is -2.63. The molecule has 15 nitrogen and oxygen atoms in total. The number of tetrazole rings is 1. The minimum atomic E-state index is -1.67. The second-order valence-electron chi connectivity index (χ2n) is 9.20. The number of amides is 3. The van der Waals surface area contributed by atoms with Gasteiger partial charge in [0.05, 0.1) is 6.04 Å². The number of carbonyl (C=O) groups is 4. The summed E-state index contributed by atoms with van der Waals surface area (Å²) in [5.74, 6) is -1.39. The molecule has 1 aliphatic rings. The summed E-state index contributed by atoms with van der Waals surface area (Å²) in [4.78, 5) is 53.1. The number of likely N-dealkylation sites (tertiary alicyclic amines) is 1. The third kappa shape index (κ3) is 7.10. The molecule has 6 N–H and O–H groups in total. The van der Waals surface area contributed by atoms with Crippen LogP contribution in [0.5, 0.6) is 0 Å². The van der Waals surface area contributed by atoms with Gasteiger partial charge in [0, 0.05) is 19.5 Å². The molecule has 2 heterocycles. The van der Waals surface area contributed by atoms with Crippen LogP contribution in [0.4, 0.5) is 4.79 Å². The lowest BCUT2D eigenvalue weighted by molar-refractivity contribution is -0.155. The van der Waals surface area contributed by atoms with E-state index in [1.807, 2.05) is 0 Å². The predicted molar refractivity (Wildman–Crippen MR) is 123 cm³/mol. The summed E-state index contributed by atoms with van der Waals surface area (Å²) >= 11 is 0. The Kier molecular flexibility index (Phi) is 9.08. The molecule has 1 fully saturated rings. The minimum absolute atomic E-state index is 0.178.